The van der Waals surface area contributed by atoms with E-state index in [1.54, 1.807) is 20.8 Å². The quantitative estimate of drug-likeness (QED) is 0.617. The summed E-state index contributed by atoms with van der Waals surface area (Å²) in [5.41, 5.74) is -1.52. The van der Waals surface area contributed by atoms with Gasteiger partial charge in [0.2, 0.25) is 9.05 Å². The Bertz CT molecular complexity index is 821. The standard InChI is InChI=1S/C18H23ClF3NO5S/c1-17(2,3)28-16(24)23-9-8-12(10-23)15(11-29(19,25)26)27-14-6-4-13(5-7-14)18(20,21)22/h4-7,12,15H,8-11H2,1-3H3/t12-,15+/m0/s1. The van der Waals surface area contributed by atoms with Crippen LogP contribution in [0.2, 0.25) is 0 Å². The highest BCUT2D eigenvalue weighted by atomic mass is 35.7. The van der Waals surface area contributed by atoms with Gasteiger partial charge in [-0.1, -0.05) is 0 Å². The minimum absolute atomic E-state index is 0.0824. The number of ether oxygens (including phenoxy) is 2. The number of carbonyl (C=O) groups is 1. The molecule has 2 atom stereocenters. The summed E-state index contributed by atoms with van der Waals surface area (Å²) < 4.78 is 72.3. The monoisotopic (exact) mass is 457 g/mol. The number of benzene rings is 1. The molecular weight excluding hydrogens is 435 g/mol. The second kappa shape index (κ2) is 8.59. The molecule has 6 nitrogen and oxygen atoms in total. The van der Waals surface area contributed by atoms with Crippen molar-refractivity contribution < 1.29 is 35.9 Å². The van der Waals surface area contributed by atoms with Crippen molar-refractivity contribution in [2.75, 3.05) is 18.8 Å². The molecule has 1 heterocycles. The lowest BCUT2D eigenvalue weighted by molar-refractivity contribution is -0.137. The first kappa shape index (κ1) is 23.6. The number of hydrogen-bond donors (Lipinski definition) is 0. The fourth-order valence-electron chi connectivity index (χ4n) is 2.94. The smallest absolute Gasteiger partial charge is 0.416 e. The fraction of sp³-hybridized carbons (Fsp3) is 0.611. The molecule has 0 aliphatic carbocycles. The molecule has 0 saturated carbocycles. The normalized spacial score (nSPS) is 19.1. The summed E-state index contributed by atoms with van der Waals surface area (Å²) >= 11 is 0. The van der Waals surface area contributed by atoms with Gasteiger partial charge in [-0.05, 0) is 51.5 Å². The van der Waals surface area contributed by atoms with Crippen LogP contribution in [-0.2, 0) is 20.0 Å². The van der Waals surface area contributed by atoms with Gasteiger partial charge in [0.25, 0.3) is 0 Å². The SMILES string of the molecule is CC(C)(C)OC(=O)N1CC[C@H]([C@@H](CS(=O)(=O)Cl)Oc2ccc(C(F)(F)F)cc2)C1. The second-order valence-electron chi connectivity index (χ2n) is 7.86. The number of hydrogen-bond acceptors (Lipinski definition) is 5. The van der Waals surface area contributed by atoms with Crippen LogP contribution in [0.5, 0.6) is 5.75 Å². The third-order valence-electron chi connectivity index (χ3n) is 4.23. The zero-order chi connectivity index (χ0) is 22.0. The van der Waals surface area contributed by atoms with E-state index in [-0.39, 0.29) is 18.2 Å². The van der Waals surface area contributed by atoms with Crippen molar-refractivity contribution in [1.29, 1.82) is 0 Å². The Morgan fingerprint density at radius 3 is 2.31 bits per heavy atom. The molecule has 1 aromatic rings. The lowest BCUT2D eigenvalue weighted by atomic mass is 10.0. The molecule has 1 fully saturated rings. The van der Waals surface area contributed by atoms with Crippen molar-refractivity contribution in [2.24, 2.45) is 5.92 Å². The number of amides is 1. The average Bonchev–Trinajstić information content (AvgIpc) is 3.01. The number of rotatable bonds is 5. The van der Waals surface area contributed by atoms with Gasteiger partial charge in [-0.2, -0.15) is 13.2 Å². The van der Waals surface area contributed by atoms with Gasteiger partial charge in [0, 0.05) is 29.7 Å². The van der Waals surface area contributed by atoms with Gasteiger partial charge in [0.15, 0.2) is 0 Å². The van der Waals surface area contributed by atoms with Crippen LogP contribution in [0.25, 0.3) is 0 Å². The summed E-state index contributed by atoms with van der Waals surface area (Å²) in [5.74, 6) is -0.833. The van der Waals surface area contributed by atoms with Crippen molar-refractivity contribution in [2.45, 2.75) is 45.1 Å². The molecule has 0 N–H and O–H groups in total. The Kier molecular flexibility index (Phi) is 6.99. The summed E-state index contributed by atoms with van der Waals surface area (Å²) in [6.07, 6.45) is -5.50. The highest BCUT2D eigenvalue weighted by molar-refractivity contribution is 8.13. The Balaban J connectivity index is 2.12. The van der Waals surface area contributed by atoms with E-state index in [1.807, 2.05) is 0 Å². The van der Waals surface area contributed by atoms with E-state index in [1.165, 1.54) is 4.90 Å². The summed E-state index contributed by atoms with van der Waals surface area (Å²) in [5, 5.41) is 0. The Morgan fingerprint density at radius 2 is 1.83 bits per heavy atom. The third-order valence-corrected chi connectivity index (χ3v) is 5.34. The van der Waals surface area contributed by atoms with Gasteiger partial charge in [-0.15, -0.1) is 0 Å². The molecule has 1 saturated heterocycles. The fourth-order valence-corrected chi connectivity index (χ4v) is 4.05. The molecule has 29 heavy (non-hydrogen) atoms. The first-order valence-electron chi connectivity index (χ1n) is 8.88. The topological polar surface area (TPSA) is 72.9 Å². The zero-order valence-corrected chi connectivity index (χ0v) is 17.8. The van der Waals surface area contributed by atoms with E-state index < -0.39 is 44.3 Å². The van der Waals surface area contributed by atoms with E-state index in [4.69, 9.17) is 20.2 Å². The van der Waals surface area contributed by atoms with E-state index >= 15 is 0 Å². The molecular formula is C18H23ClF3NO5S. The third kappa shape index (κ3) is 7.58. The first-order chi connectivity index (χ1) is 13.1. The molecule has 0 bridgehead atoms. The predicted molar refractivity (Wildman–Crippen MR) is 101 cm³/mol. The van der Waals surface area contributed by atoms with Crippen molar-refractivity contribution >= 4 is 25.8 Å². The second-order valence-corrected chi connectivity index (χ2v) is 10.7. The van der Waals surface area contributed by atoms with Gasteiger partial charge in [0.05, 0.1) is 5.56 Å². The van der Waals surface area contributed by atoms with Crippen LogP contribution in [-0.4, -0.2) is 50.0 Å². The maximum atomic E-state index is 12.7. The van der Waals surface area contributed by atoms with E-state index in [9.17, 15) is 26.4 Å². The van der Waals surface area contributed by atoms with Crippen LogP contribution >= 0.6 is 10.7 Å². The Labute approximate surface area is 172 Å². The number of carbonyl (C=O) groups excluding carboxylic acids is 1. The van der Waals surface area contributed by atoms with E-state index in [0.717, 1.165) is 24.3 Å². The maximum Gasteiger partial charge on any atom is 0.416 e. The maximum absolute atomic E-state index is 12.7. The summed E-state index contributed by atoms with van der Waals surface area (Å²) in [4.78, 5) is 13.7. The lowest BCUT2D eigenvalue weighted by Crippen LogP contribution is -2.38. The van der Waals surface area contributed by atoms with Crippen LogP contribution in [0.1, 0.15) is 32.8 Å². The first-order valence-corrected chi connectivity index (χ1v) is 11.4. The zero-order valence-electron chi connectivity index (χ0n) is 16.2. The Morgan fingerprint density at radius 1 is 1.24 bits per heavy atom. The van der Waals surface area contributed by atoms with Gasteiger partial charge in [0.1, 0.15) is 23.2 Å². The van der Waals surface area contributed by atoms with Crippen molar-refractivity contribution in [3.63, 3.8) is 0 Å². The molecule has 1 aliphatic heterocycles. The average molecular weight is 458 g/mol. The summed E-state index contributed by atoms with van der Waals surface area (Å²) in [7, 11) is 1.44. The van der Waals surface area contributed by atoms with Crippen molar-refractivity contribution in [3.05, 3.63) is 29.8 Å². The molecule has 11 heteroatoms. The van der Waals surface area contributed by atoms with Crippen LogP contribution in [0.3, 0.4) is 0 Å². The van der Waals surface area contributed by atoms with Crippen LogP contribution in [0.4, 0.5) is 18.0 Å². The number of alkyl halides is 3. The minimum atomic E-state index is -4.49. The molecule has 0 unspecified atom stereocenters. The van der Waals surface area contributed by atoms with Gasteiger partial charge >= 0.3 is 12.3 Å². The Hall–Kier alpha value is -1.68. The highest BCUT2D eigenvalue weighted by Gasteiger charge is 2.37. The van der Waals surface area contributed by atoms with Gasteiger partial charge in [-0.25, -0.2) is 13.2 Å². The largest absolute Gasteiger partial charge is 0.489 e. The van der Waals surface area contributed by atoms with Crippen LogP contribution in [0, 0.1) is 5.92 Å². The summed E-state index contributed by atoms with van der Waals surface area (Å²) in [6.45, 7) is 5.72. The minimum Gasteiger partial charge on any atom is -0.489 e. The molecule has 0 radical (unpaired) electrons. The number of halogens is 4. The summed E-state index contributed by atoms with van der Waals surface area (Å²) in [6, 6.07) is 3.95. The highest BCUT2D eigenvalue weighted by Crippen LogP contribution is 2.32. The molecule has 0 spiro atoms. The lowest BCUT2D eigenvalue weighted by Gasteiger charge is -2.26. The van der Waals surface area contributed by atoms with Crippen LogP contribution < -0.4 is 4.74 Å². The van der Waals surface area contributed by atoms with Crippen molar-refractivity contribution in [1.82, 2.24) is 4.90 Å². The van der Waals surface area contributed by atoms with E-state index in [2.05, 4.69) is 0 Å². The molecule has 1 aliphatic rings. The molecule has 164 valence electrons. The van der Waals surface area contributed by atoms with Crippen LogP contribution in [0.15, 0.2) is 24.3 Å². The molecule has 0 aromatic heterocycles. The molecule has 1 amide bonds. The molecule has 1 aromatic carbocycles. The van der Waals surface area contributed by atoms with Gasteiger partial charge < -0.3 is 14.4 Å². The predicted octanol–water partition coefficient (Wildman–Crippen LogP) is 4.28. The number of nitrogens with zero attached hydrogens (tertiary/aromatic N) is 1. The van der Waals surface area contributed by atoms with Gasteiger partial charge in [-0.3, -0.25) is 0 Å². The molecule has 2 rings (SSSR count). The number of likely N-dealkylation sites (tertiary alicyclic amines) is 1. The van der Waals surface area contributed by atoms with E-state index in [0.29, 0.717) is 13.0 Å². The van der Waals surface area contributed by atoms with Crippen molar-refractivity contribution in [3.8, 4) is 5.75 Å².